The second-order valence-corrected chi connectivity index (χ2v) is 8.50. The number of nitrogens with zero attached hydrogens (tertiary/aromatic N) is 1. The van der Waals surface area contributed by atoms with Crippen molar-refractivity contribution in [3.63, 3.8) is 0 Å². The van der Waals surface area contributed by atoms with Crippen molar-refractivity contribution in [2.75, 3.05) is 4.90 Å². The van der Waals surface area contributed by atoms with Crippen molar-refractivity contribution in [3.8, 4) is 0 Å². The first-order valence-electron chi connectivity index (χ1n) is 10.2. The van der Waals surface area contributed by atoms with Gasteiger partial charge in [0.05, 0.1) is 5.69 Å². The summed E-state index contributed by atoms with van der Waals surface area (Å²) >= 11 is 3.57. The fourth-order valence-electron chi connectivity index (χ4n) is 4.27. The molecule has 3 heteroatoms. The minimum atomic E-state index is 0.890. The predicted octanol–water partition coefficient (Wildman–Crippen LogP) is 8.97. The third-order valence-corrected chi connectivity index (χ3v) is 6.24. The smallest absolute Gasteiger partial charge is 0.137 e. The molecule has 6 rings (SSSR count). The van der Waals surface area contributed by atoms with Gasteiger partial charge >= 0.3 is 0 Å². The van der Waals surface area contributed by atoms with E-state index in [-0.39, 0.29) is 0 Å². The normalized spacial score (nSPS) is 11.4. The van der Waals surface area contributed by atoms with Gasteiger partial charge in [-0.15, -0.1) is 0 Å². The summed E-state index contributed by atoms with van der Waals surface area (Å²) in [5, 5.41) is 4.70. The first kappa shape index (κ1) is 18.2. The number of rotatable bonds is 3. The van der Waals surface area contributed by atoms with Gasteiger partial charge in [0.1, 0.15) is 11.2 Å². The summed E-state index contributed by atoms with van der Waals surface area (Å²) in [6.07, 6.45) is 0. The van der Waals surface area contributed by atoms with E-state index in [2.05, 4.69) is 118 Å². The van der Waals surface area contributed by atoms with E-state index in [0.717, 1.165) is 43.5 Å². The van der Waals surface area contributed by atoms with Crippen molar-refractivity contribution in [2.24, 2.45) is 0 Å². The Hall–Kier alpha value is -3.56. The van der Waals surface area contributed by atoms with Crippen LogP contribution in [0.25, 0.3) is 32.7 Å². The Morgan fingerprint density at radius 1 is 0.548 bits per heavy atom. The molecule has 2 nitrogen and oxygen atoms in total. The molecule has 6 aromatic rings. The molecule has 148 valence electrons. The van der Waals surface area contributed by atoms with E-state index in [0.29, 0.717) is 0 Å². The summed E-state index contributed by atoms with van der Waals surface area (Å²) in [7, 11) is 0. The second-order valence-electron chi connectivity index (χ2n) is 7.59. The molecule has 0 bridgehead atoms. The molecule has 0 saturated carbocycles. The average Bonchev–Trinajstić information content (AvgIpc) is 3.19. The maximum atomic E-state index is 6.19. The van der Waals surface area contributed by atoms with Gasteiger partial charge < -0.3 is 9.32 Å². The van der Waals surface area contributed by atoms with E-state index in [1.807, 2.05) is 12.1 Å². The summed E-state index contributed by atoms with van der Waals surface area (Å²) in [4.78, 5) is 2.29. The highest BCUT2D eigenvalue weighted by molar-refractivity contribution is 9.10. The third-order valence-electron chi connectivity index (χ3n) is 5.71. The van der Waals surface area contributed by atoms with Crippen LogP contribution in [-0.4, -0.2) is 0 Å². The largest absolute Gasteiger partial charge is 0.456 e. The van der Waals surface area contributed by atoms with Crippen LogP contribution < -0.4 is 4.90 Å². The molecule has 1 heterocycles. The predicted molar refractivity (Wildman–Crippen MR) is 134 cm³/mol. The van der Waals surface area contributed by atoms with Gasteiger partial charge in [-0.25, -0.2) is 0 Å². The highest BCUT2D eigenvalue weighted by Gasteiger charge is 2.17. The van der Waals surface area contributed by atoms with Gasteiger partial charge in [-0.1, -0.05) is 70.5 Å². The van der Waals surface area contributed by atoms with E-state index >= 15 is 0 Å². The fraction of sp³-hybridized carbons (Fsp3) is 0. The van der Waals surface area contributed by atoms with E-state index in [1.165, 1.54) is 10.8 Å². The summed E-state index contributed by atoms with van der Waals surface area (Å²) in [5.41, 5.74) is 5.09. The van der Waals surface area contributed by atoms with Crippen molar-refractivity contribution < 1.29 is 4.42 Å². The lowest BCUT2D eigenvalue weighted by molar-refractivity contribution is 0.669. The highest BCUT2D eigenvalue weighted by Crippen LogP contribution is 2.41. The number of furan rings is 1. The number of fused-ring (bicyclic) bond motifs is 4. The van der Waals surface area contributed by atoms with Crippen molar-refractivity contribution >= 4 is 65.7 Å². The average molecular weight is 464 g/mol. The molecule has 0 atom stereocenters. The maximum absolute atomic E-state index is 6.19. The Morgan fingerprint density at radius 2 is 1.23 bits per heavy atom. The number of para-hydroxylation sites is 1. The van der Waals surface area contributed by atoms with Crippen LogP contribution in [0.4, 0.5) is 17.1 Å². The molecular weight excluding hydrogens is 446 g/mol. The Morgan fingerprint density at radius 3 is 2.10 bits per heavy atom. The van der Waals surface area contributed by atoms with Crippen molar-refractivity contribution in [1.82, 2.24) is 0 Å². The van der Waals surface area contributed by atoms with E-state index in [1.54, 1.807) is 0 Å². The molecule has 0 saturated heterocycles. The van der Waals surface area contributed by atoms with Gasteiger partial charge in [0.25, 0.3) is 0 Å². The first-order chi connectivity index (χ1) is 15.3. The minimum Gasteiger partial charge on any atom is -0.456 e. The molecular formula is C28H18BrNO. The number of halogens is 1. The van der Waals surface area contributed by atoms with Gasteiger partial charge in [-0.2, -0.15) is 0 Å². The van der Waals surface area contributed by atoms with E-state index in [4.69, 9.17) is 4.42 Å². The minimum absolute atomic E-state index is 0.890. The monoisotopic (exact) mass is 463 g/mol. The Balaban J connectivity index is 1.62. The maximum Gasteiger partial charge on any atom is 0.137 e. The Labute approximate surface area is 188 Å². The van der Waals surface area contributed by atoms with Crippen LogP contribution in [0, 0.1) is 0 Å². The molecule has 0 unspecified atom stereocenters. The summed E-state index contributed by atoms with van der Waals surface area (Å²) in [5.74, 6) is 0. The van der Waals surface area contributed by atoms with Crippen LogP contribution in [0.3, 0.4) is 0 Å². The Bertz CT molecular complexity index is 1540. The number of hydrogen-bond acceptors (Lipinski definition) is 2. The topological polar surface area (TPSA) is 16.4 Å². The molecule has 5 aromatic carbocycles. The quantitative estimate of drug-likeness (QED) is 0.260. The van der Waals surface area contributed by atoms with E-state index < -0.39 is 0 Å². The van der Waals surface area contributed by atoms with Crippen molar-refractivity contribution in [2.45, 2.75) is 0 Å². The summed E-state index contributed by atoms with van der Waals surface area (Å²) < 4.78 is 7.24. The van der Waals surface area contributed by atoms with Gasteiger partial charge in [0.15, 0.2) is 0 Å². The SMILES string of the molecule is Brc1ccc(N(c2ccc3c(c2)oc2ccccc23)c2cccc3ccccc23)cc1. The van der Waals surface area contributed by atoms with Crippen molar-refractivity contribution in [1.29, 1.82) is 0 Å². The summed E-state index contributed by atoms with van der Waals surface area (Å²) in [6.45, 7) is 0. The molecule has 0 aliphatic carbocycles. The van der Waals surface area contributed by atoms with Crippen LogP contribution in [0.5, 0.6) is 0 Å². The van der Waals surface area contributed by atoms with Gasteiger partial charge in [0.2, 0.25) is 0 Å². The highest BCUT2D eigenvalue weighted by atomic mass is 79.9. The zero-order valence-corrected chi connectivity index (χ0v) is 18.2. The lowest BCUT2D eigenvalue weighted by Crippen LogP contribution is -2.10. The third kappa shape index (κ3) is 3.09. The van der Waals surface area contributed by atoms with Crippen LogP contribution in [0.15, 0.2) is 118 Å². The number of benzene rings is 5. The molecule has 0 radical (unpaired) electrons. The molecule has 0 amide bonds. The number of anilines is 3. The number of hydrogen-bond donors (Lipinski definition) is 0. The molecule has 0 spiro atoms. The zero-order valence-electron chi connectivity index (χ0n) is 16.6. The molecule has 0 aliphatic heterocycles. The van der Waals surface area contributed by atoms with Gasteiger partial charge in [-0.05, 0) is 53.9 Å². The van der Waals surface area contributed by atoms with Crippen LogP contribution in [0.1, 0.15) is 0 Å². The Kier molecular flexibility index (Phi) is 4.29. The van der Waals surface area contributed by atoms with Gasteiger partial charge in [0, 0.05) is 38.1 Å². The van der Waals surface area contributed by atoms with Gasteiger partial charge in [-0.3, -0.25) is 0 Å². The van der Waals surface area contributed by atoms with Crippen LogP contribution in [-0.2, 0) is 0 Å². The first-order valence-corrected chi connectivity index (χ1v) is 11.0. The standard InChI is InChI=1S/C28H18BrNO/c29-20-12-14-21(15-13-20)30(26-10-5-7-19-6-1-2-8-23(19)26)22-16-17-25-24-9-3-4-11-27(24)31-28(25)18-22/h1-18H. The lowest BCUT2D eigenvalue weighted by atomic mass is 10.1. The molecule has 0 fully saturated rings. The van der Waals surface area contributed by atoms with Crippen LogP contribution >= 0.6 is 15.9 Å². The lowest BCUT2D eigenvalue weighted by Gasteiger charge is -2.27. The van der Waals surface area contributed by atoms with E-state index in [9.17, 15) is 0 Å². The molecule has 0 aliphatic rings. The second kappa shape index (κ2) is 7.29. The van der Waals surface area contributed by atoms with Crippen molar-refractivity contribution in [3.05, 3.63) is 114 Å². The zero-order chi connectivity index (χ0) is 20.8. The molecule has 0 N–H and O–H groups in total. The van der Waals surface area contributed by atoms with Crippen LogP contribution in [0.2, 0.25) is 0 Å². The molecule has 1 aromatic heterocycles. The fourth-order valence-corrected chi connectivity index (χ4v) is 4.54. The molecule has 31 heavy (non-hydrogen) atoms. The summed E-state index contributed by atoms with van der Waals surface area (Å²) in [6, 6.07) is 38.0.